The molecule has 0 aliphatic heterocycles. The maximum atomic E-state index is 5.61. The van der Waals surface area contributed by atoms with E-state index in [4.69, 9.17) is 5.73 Å². The highest BCUT2D eigenvalue weighted by atomic mass is 15.2. The molecule has 0 saturated heterocycles. The van der Waals surface area contributed by atoms with Gasteiger partial charge in [-0.05, 0) is 30.5 Å². The summed E-state index contributed by atoms with van der Waals surface area (Å²) in [4.78, 5) is 4.07. The lowest BCUT2D eigenvalue weighted by Crippen LogP contribution is -1.92. The van der Waals surface area contributed by atoms with E-state index in [1.807, 2.05) is 12.1 Å². The second-order valence-corrected chi connectivity index (χ2v) is 3.53. The SMILES string of the molecule is Nc1ccc(CCCc2ncn[nH]2)cc1. The normalized spacial score (nSPS) is 10.4. The number of anilines is 1. The van der Waals surface area contributed by atoms with Crippen LogP contribution >= 0.6 is 0 Å². The molecule has 0 bridgehead atoms. The molecule has 78 valence electrons. The molecule has 0 aliphatic rings. The molecule has 0 saturated carbocycles. The minimum atomic E-state index is 0.814. The lowest BCUT2D eigenvalue weighted by molar-refractivity contribution is 0.775. The van der Waals surface area contributed by atoms with Gasteiger partial charge in [-0.3, -0.25) is 5.10 Å². The van der Waals surface area contributed by atoms with Gasteiger partial charge in [0.15, 0.2) is 0 Å². The van der Waals surface area contributed by atoms with E-state index in [2.05, 4.69) is 27.3 Å². The number of rotatable bonds is 4. The Labute approximate surface area is 88.5 Å². The summed E-state index contributed by atoms with van der Waals surface area (Å²) < 4.78 is 0. The highest BCUT2D eigenvalue weighted by molar-refractivity contribution is 5.39. The maximum Gasteiger partial charge on any atom is 0.137 e. The van der Waals surface area contributed by atoms with Gasteiger partial charge in [0.1, 0.15) is 12.2 Å². The molecule has 0 fully saturated rings. The van der Waals surface area contributed by atoms with Crippen LogP contribution in [0.3, 0.4) is 0 Å². The molecular weight excluding hydrogens is 188 g/mol. The molecule has 1 heterocycles. The number of hydrogen-bond donors (Lipinski definition) is 2. The monoisotopic (exact) mass is 202 g/mol. The summed E-state index contributed by atoms with van der Waals surface area (Å²) in [7, 11) is 0. The van der Waals surface area contributed by atoms with Crippen molar-refractivity contribution < 1.29 is 0 Å². The molecular formula is C11H14N4. The number of hydrogen-bond acceptors (Lipinski definition) is 3. The zero-order valence-electron chi connectivity index (χ0n) is 8.48. The average molecular weight is 202 g/mol. The number of nitrogens with one attached hydrogen (secondary N) is 1. The Balaban J connectivity index is 1.81. The van der Waals surface area contributed by atoms with E-state index in [-0.39, 0.29) is 0 Å². The fourth-order valence-electron chi connectivity index (χ4n) is 1.50. The van der Waals surface area contributed by atoms with Gasteiger partial charge < -0.3 is 5.73 Å². The smallest absolute Gasteiger partial charge is 0.137 e. The number of nitrogens with zero attached hydrogens (tertiary/aromatic N) is 2. The van der Waals surface area contributed by atoms with Crippen molar-refractivity contribution in [1.82, 2.24) is 15.2 Å². The van der Waals surface area contributed by atoms with Crippen LogP contribution in [-0.4, -0.2) is 15.2 Å². The maximum absolute atomic E-state index is 5.61. The first-order valence-corrected chi connectivity index (χ1v) is 5.03. The minimum Gasteiger partial charge on any atom is -0.399 e. The predicted octanol–water partition coefficient (Wildman–Crippen LogP) is 1.56. The first-order valence-electron chi connectivity index (χ1n) is 5.03. The van der Waals surface area contributed by atoms with E-state index in [0.29, 0.717) is 0 Å². The van der Waals surface area contributed by atoms with Crippen LogP contribution < -0.4 is 5.73 Å². The van der Waals surface area contributed by atoms with E-state index in [0.717, 1.165) is 30.8 Å². The topological polar surface area (TPSA) is 67.6 Å². The molecule has 2 rings (SSSR count). The third kappa shape index (κ3) is 2.80. The molecule has 0 aliphatic carbocycles. The molecule has 0 spiro atoms. The highest BCUT2D eigenvalue weighted by Gasteiger charge is 1.97. The van der Waals surface area contributed by atoms with E-state index >= 15 is 0 Å². The van der Waals surface area contributed by atoms with Crippen molar-refractivity contribution in [2.75, 3.05) is 5.73 Å². The molecule has 1 aromatic carbocycles. The molecule has 4 nitrogen and oxygen atoms in total. The molecule has 1 aromatic heterocycles. The molecule has 15 heavy (non-hydrogen) atoms. The first-order chi connectivity index (χ1) is 7.34. The summed E-state index contributed by atoms with van der Waals surface area (Å²) in [5, 5.41) is 6.66. The molecule has 0 atom stereocenters. The van der Waals surface area contributed by atoms with Gasteiger partial charge >= 0.3 is 0 Å². The van der Waals surface area contributed by atoms with Crippen LogP contribution in [0.4, 0.5) is 5.69 Å². The Morgan fingerprint density at radius 1 is 1.13 bits per heavy atom. The third-order valence-corrected chi connectivity index (χ3v) is 2.32. The number of aryl methyl sites for hydroxylation is 2. The van der Waals surface area contributed by atoms with Crippen molar-refractivity contribution in [1.29, 1.82) is 0 Å². The second kappa shape index (κ2) is 4.59. The predicted molar refractivity (Wildman–Crippen MR) is 59.3 cm³/mol. The molecule has 0 unspecified atom stereocenters. The number of benzene rings is 1. The Morgan fingerprint density at radius 3 is 2.60 bits per heavy atom. The fourth-order valence-corrected chi connectivity index (χ4v) is 1.50. The Morgan fingerprint density at radius 2 is 1.93 bits per heavy atom. The van der Waals surface area contributed by atoms with Crippen LogP contribution in [0.1, 0.15) is 17.8 Å². The van der Waals surface area contributed by atoms with E-state index in [9.17, 15) is 0 Å². The summed E-state index contributed by atoms with van der Waals surface area (Å²) in [5.41, 5.74) is 7.73. The Bertz CT molecular complexity index is 391. The Hall–Kier alpha value is -1.84. The van der Waals surface area contributed by atoms with Crippen LogP contribution in [0.15, 0.2) is 30.6 Å². The van der Waals surface area contributed by atoms with Crippen LogP contribution in [0, 0.1) is 0 Å². The quantitative estimate of drug-likeness (QED) is 0.739. The summed E-state index contributed by atoms with van der Waals surface area (Å²) in [6, 6.07) is 8.00. The van der Waals surface area contributed by atoms with E-state index in [1.54, 1.807) is 6.33 Å². The summed E-state index contributed by atoms with van der Waals surface area (Å²) >= 11 is 0. The average Bonchev–Trinajstić information content (AvgIpc) is 2.74. The Kier molecular flexibility index (Phi) is 2.97. The highest BCUT2D eigenvalue weighted by Crippen LogP contribution is 2.08. The van der Waals surface area contributed by atoms with Crippen molar-refractivity contribution in [2.45, 2.75) is 19.3 Å². The van der Waals surface area contributed by atoms with Gasteiger partial charge in [-0.1, -0.05) is 12.1 Å². The van der Waals surface area contributed by atoms with Crippen LogP contribution in [0.2, 0.25) is 0 Å². The van der Waals surface area contributed by atoms with Gasteiger partial charge in [0.05, 0.1) is 0 Å². The number of aromatic amines is 1. The van der Waals surface area contributed by atoms with Gasteiger partial charge in [-0.25, -0.2) is 4.98 Å². The molecule has 3 N–H and O–H groups in total. The lowest BCUT2D eigenvalue weighted by atomic mass is 10.1. The standard InChI is InChI=1S/C11H14N4/c12-10-6-4-9(5-7-10)2-1-3-11-13-8-14-15-11/h4-8H,1-3,12H2,(H,13,14,15). The third-order valence-electron chi connectivity index (χ3n) is 2.32. The van der Waals surface area contributed by atoms with Gasteiger partial charge in [-0.2, -0.15) is 5.10 Å². The zero-order chi connectivity index (χ0) is 10.5. The number of H-pyrrole nitrogens is 1. The summed E-state index contributed by atoms with van der Waals surface area (Å²) in [6.45, 7) is 0. The second-order valence-electron chi connectivity index (χ2n) is 3.53. The van der Waals surface area contributed by atoms with E-state index < -0.39 is 0 Å². The number of nitrogen functional groups attached to an aromatic ring is 1. The van der Waals surface area contributed by atoms with Gasteiger partial charge in [0.25, 0.3) is 0 Å². The molecule has 0 radical (unpaired) electrons. The van der Waals surface area contributed by atoms with Crippen molar-refractivity contribution in [3.05, 3.63) is 42.0 Å². The number of nitrogens with two attached hydrogens (primary N) is 1. The molecule has 0 amide bonds. The zero-order valence-corrected chi connectivity index (χ0v) is 8.48. The van der Waals surface area contributed by atoms with E-state index in [1.165, 1.54) is 5.56 Å². The largest absolute Gasteiger partial charge is 0.399 e. The van der Waals surface area contributed by atoms with Crippen LogP contribution in [-0.2, 0) is 12.8 Å². The number of aromatic nitrogens is 3. The van der Waals surface area contributed by atoms with Crippen molar-refractivity contribution in [3.63, 3.8) is 0 Å². The van der Waals surface area contributed by atoms with Crippen molar-refractivity contribution >= 4 is 5.69 Å². The van der Waals surface area contributed by atoms with Gasteiger partial charge in [-0.15, -0.1) is 0 Å². The van der Waals surface area contributed by atoms with Gasteiger partial charge in [0.2, 0.25) is 0 Å². The molecule has 2 aromatic rings. The van der Waals surface area contributed by atoms with Crippen molar-refractivity contribution in [2.24, 2.45) is 0 Å². The summed E-state index contributed by atoms with van der Waals surface area (Å²) in [5.74, 6) is 0.949. The lowest BCUT2D eigenvalue weighted by Gasteiger charge is -2.00. The van der Waals surface area contributed by atoms with Crippen LogP contribution in [0.25, 0.3) is 0 Å². The first kappa shape index (κ1) is 9.71. The van der Waals surface area contributed by atoms with Crippen molar-refractivity contribution in [3.8, 4) is 0 Å². The fraction of sp³-hybridized carbons (Fsp3) is 0.273. The van der Waals surface area contributed by atoms with Crippen LogP contribution in [0.5, 0.6) is 0 Å². The summed E-state index contributed by atoms with van der Waals surface area (Å²) in [6.07, 6.45) is 4.59. The minimum absolute atomic E-state index is 0.814. The van der Waals surface area contributed by atoms with Gasteiger partial charge in [0, 0.05) is 12.1 Å². The molecule has 4 heteroatoms.